The molecule has 0 aromatic rings. The van der Waals surface area contributed by atoms with Crippen molar-refractivity contribution >= 4 is 11.8 Å². The molecule has 290 valence electrons. The molecule has 0 saturated carbocycles. The number of amides is 2. The van der Waals surface area contributed by atoms with Crippen LogP contribution in [0.2, 0.25) is 0 Å². The highest BCUT2D eigenvalue weighted by atomic mass is 19.4. The molecule has 1 saturated heterocycles. The van der Waals surface area contributed by atoms with Gasteiger partial charge in [-0.3, -0.25) is 9.59 Å². The summed E-state index contributed by atoms with van der Waals surface area (Å²) in [4.78, 5) is 21.6. The standard InChI is InChI=1S/C19H10F26N2O2/c20-8(21,10(24,25)12(28,29)14(32,33)16(36,37)18(40,41)42)6(48)46-2-1-3-47(5-4-46)7(49)9(22,23)11(26,27)13(30,31)15(34,35)17(38,39)19(43,44)45/h1-5H2. The SMILES string of the molecule is O=C(N1CCCN(C(=O)C(F)(F)C(F)(F)C(F)(F)C(F)(F)C(F)(F)C(F)(F)F)CC1)C(F)(F)C(F)(F)C(F)(F)C(F)(F)C(F)(F)C(F)(F)F. The zero-order valence-corrected chi connectivity index (χ0v) is 22.1. The predicted octanol–water partition coefficient (Wildman–Crippen LogP) is 7.52. The average Bonchev–Trinajstić information content (AvgIpc) is 3.16. The minimum atomic E-state index is -8.50. The van der Waals surface area contributed by atoms with E-state index < -0.39 is 126 Å². The minimum Gasteiger partial charge on any atom is -0.335 e. The first-order valence-corrected chi connectivity index (χ1v) is 11.5. The van der Waals surface area contributed by atoms with Gasteiger partial charge < -0.3 is 9.80 Å². The Hall–Kier alpha value is -2.88. The molecule has 0 atom stereocenters. The first kappa shape index (κ1) is 44.1. The van der Waals surface area contributed by atoms with Crippen molar-refractivity contribution in [2.75, 3.05) is 26.2 Å². The van der Waals surface area contributed by atoms with E-state index >= 15 is 0 Å². The number of rotatable bonds is 10. The summed E-state index contributed by atoms with van der Waals surface area (Å²) >= 11 is 0. The highest BCUT2D eigenvalue weighted by molar-refractivity contribution is 5.86. The fourth-order valence-corrected chi connectivity index (χ4v) is 3.53. The number of hydrogen-bond donors (Lipinski definition) is 0. The molecular formula is C19H10F26N2O2. The third-order valence-corrected chi connectivity index (χ3v) is 6.47. The van der Waals surface area contributed by atoms with Gasteiger partial charge in [0.15, 0.2) is 0 Å². The van der Waals surface area contributed by atoms with E-state index in [1.165, 1.54) is 0 Å². The molecule has 4 nitrogen and oxygen atoms in total. The third-order valence-electron chi connectivity index (χ3n) is 6.47. The zero-order chi connectivity index (χ0) is 39.8. The molecule has 0 radical (unpaired) electrons. The molecule has 0 N–H and O–H groups in total. The Morgan fingerprint density at radius 2 is 0.510 bits per heavy atom. The normalized spacial score (nSPS) is 18.1. The zero-order valence-electron chi connectivity index (χ0n) is 22.1. The second kappa shape index (κ2) is 11.8. The van der Waals surface area contributed by atoms with E-state index in [-0.39, 0.29) is 0 Å². The Bertz CT molecular complexity index is 1160. The van der Waals surface area contributed by atoms with Crippen LogP contribution in [0.1, 0.15) is 6.42 Å². The topological polar surface area (TPSA) is 40.6 Å². The average molecular weight is 792 g/mol. The first-order chi connectivity index (χ1) is 21.0. The number of hydrogen-bond acceptors (Lipinski definition) is 2. The van der Waals surface area contributed by atoms with E-state index in [0.717, 1.165) is 0 Å². The summed E-state index contributed by atoms with van der Waals surface area (Å²) in [6.07, 6.45) is -17.2. The molecule has 1 rings (SSSR count). The minimum absolute atomic E-state index is 1.07. The summed E-state index contributed by atoms with van der Waals surface area (Å²) in [6.45, 7) is -8.00. The lowest BCUT2D eigenvalue weighted by molar-refractivity contribution is -0.436. The van der Waals surface area contributed by atoms with Crippen LogP contribution in [-0.2, 0) is 9.59 Å². The summed E-state index contributed by atoms with van der Waals surface area (Å²) < 4.78 is 345. The third kappa shape index (κ3) is 6.01. The lowest BCUT2D eigenvalue weighted by Crippen LogP contribution is -2.72. The maximum Gasteiger partial charge on any atom is 0.460 e. The van der Waals surface area contributed by atoms with Gasteiger partial charge in [-0.15, -0.1) is 0 Å². The van der Waals surface area contributed by atoms with E-state index in [2.05, 4.69) is 0 Å². The molecule has 0 spiro atoms. The number of halogens is 26. The van der Waals surface area contributed by atoms with Crippen molar-refractivity contribution in [2.24, 2.45) is 0 Å². The van der Waals surface area contributed by atoms with Gasteiger partial charge in [-0.05, 0) is 6.42 Å². The van der Waals surface area contributed by atoms with Gasteiger partial charge in [-0.1, -0.05) is 0 Å². The molecule has 0 aromatic heterocycles. The Morgan fingerprint density at radius 3 is 0.714 bits per heavy atom. The molecule has 49 heavy (non-hydrogen) atoms. The van der Waals surface area contributed by atoms with Gasteiger partial charge in [-0.25, -0.2) is 0 Å². The predicted molar refractivity (Wildman–Crippen MR) is 99.4 cm³/mol. The van der Waals surface area contributed by atoms with Gasteiger partial charge in [-0.2, -0.15) is 114 Å². The lowest BCUT2D eigenvalue weighted by atomic mass is 9.93. The second-order valence-electron chi connectivity index (χ2n) is 9.68. The van der Waals surface area contributed by atoms with Crippen molar-refractivity contribution in [1.29, 1.82) is 0 Å². The molecule has 30 heteroatoms. The molecule has 1 aliphatic heterocycles. The number of carbonyl (C=O) groups excluding carboxylic acids is 2. The van der Waals surface area contributed by atoms with Gasteiger partial charge in [0.2, 0.25) is 0 Å². The molecule has 1 aliphatic rings. The van der Waals surface area contributed by atoms with Crippen molar-refractivity contribution in [2.45, 2.75) is 78.0 Å². The summed E-state index contributed by atoms with van der Waals surface area (Å²) in [7, 11) is 0. The van der Waals surface area contributed by atoms with Crippen LogP contribution < -0.4 is 0 Å². The van der Waals surface area contributed by atoms with Crippen LogP contribution in [0.5, 0.6) is 0 Å². The summed E-state index contributed by atoms with van der Waals surface area (Å²) in [6, 6.07) is 0. The van der Waals surface area contributed by atoms with E-state index in [0.29, 0.717) is 0 Å². The molecular weight excluding hydrogens is 782 g/mol. The monoisotopic (exact) mass is 792 g/mol. The number of carbonyl (C=O) groups is 2. The summed E-state index contributed by atoms with van der Waals surface area (Å²) in [5.74, 6) is -89.8. The Morgan fingerprint density at radius 1 is 0.306 bits per heavy atom. The highest BCUT2D eigenvalue weighted by Crippen LogP contribution is 2.62. The van der Waals surface area contributed by atoms with Gasteiger partial charge >= 0.3 is 71.6 Å². The van der Waals surface area contributed by atoms with Crippen LogP contribution in [-0.4, -0.2) is 119 Å². The lowest BCUT2D eigenvalue weighted by Gasteiger charge is -2.40. The van der Waals surface area contributed by atoms with Crippen molar-refractivity contribution in [3.63, 3.8) is 0 Å². The fourth-order valence-electron chi connectivity index (χ4n) is 3.53. The maximum absolute atomic E-state index is 14.2. The number of alkyl halides is 26. The molecule has 1 heterocycles. The van der Waals surface area contributed by atoms with Crippen molar-refractivity contribution in [1.82, 2.24) is 9.80 Å². The smallest absolute Gasteiger partial charge is 0.335 e. The van der Waals surface area contributed by atoms with Crippen LogP contribution in [0.25, 0.3) is 0 Å². The maximum atomic E-state index is 14.2. The molecule has 0 aliphatic carbocycles. The summed E-state index contributed by atoms with van der Waals surface area (Å²) in [5, 5.41) is 0. The quantitative estimate of drug-likeness (QED) is 0.215. The fraction of sp³-hybridized carbons (Fsp3) is 0.895. The highest BCUT2D eigenvalue weighted by Gasteiger charge is 2.93. The Balaban J connectivity index is 3.44. The van der Waals surface area contributed by atoms with Gasteiger partial charge in [0.1, 0.15) is 0 Å². The van der Waals surface area contributed by atoms with Crippen LogP contribution in [0.15, 0.2) is 0 Å². The van der Waals surface area contributed by atoms with Crippen LogP contribution in [0.4, 0.5) is 114 Å². The first-order valence-electron chi connectivity index (χ1n) is 11.5. The van der Waals surface area contributed by atoms with Gasteiger partial charge in [0.05, 0.1) is 0 Å². The van der Waals surface area contributed by atoms with E-state index in [1.807, 2.05) is 0 Å². The van der Waals surface area contributed by atoms with E-state index in [9.17, 15) is 124 Å². The molecule has 0 unspecified atom stereocenters. The molecule has 2 amide bonds. The van der Waals surface area contributed by atoms with Crippen LogP contribution in [0.3, 0.4) is 0 Å². The number of nitrogens with zero attached hydrogens (tertiary/aromatic N) is 2. The molecule has 0 bridgehead atoms. The Labute approximate surface area is 250 Å². The molecule has 0 aromatic carbocycles. The second-order valence-corrected chi connectivity index (χ2v) is 9.68. The van der Waals surface area contributed by atoms with Crippen molar-refractivity contribution in [3.05, 3.63) is 0 Å². The van der Waals surface area contributed by atoms with Crippen LogP contribution in [0, 0.1) is 0 Å². The van der Waals surface area contributed by atoms with Gasteiger partial charge in [0.25, 0.3) is 11.8 Å². The van der Waals surface area contributed by atoms with E-state index in [1.54, 1.807) is 0 Å². The Kier molecular flexibility index (Phi) is 10.7. The van der Waals surface area contributed by atoms with Crippen molar-refractivity contribution < 1.29 is 124 Å². The molecule has 1 fully saturated rings. The van der Waals surface area contributed by atoms with E-state index in [4.69, 9.17) is 0 Å². The largest absolute Gasteiger partial charge is 0.460 e. The van der Waals surface area contributed by atoms with Gasteiger partial charge in [0, 0.05) is 26.2 Å². The summed E-state index contributed by atoms with van der Waals surface area (Å²) in [5.41, 5.74) is 0. The van der Waals surface area contributed by atoms with Crippen molar-refractivity contribution in [3.8, 4) is 0 Å². The van der Waals surface area contributed by atoms with Crippen LogP contribution >= 0.6 is 0 Å².